The van der Waals surface area contributed by atoms with Crippen molar-refractivity contribution in [3.05, 3.63) is 30.1 Å². The zero-order valence-corrected chi connectivity index (χ0v) is 10.6. The van der Waals surface area contributed by atoms with Crippen LogP contribution < -0.4 is 4.74 Å². The number of aliphatic carboxylic acids is 1. The van der Waals surface area contributed by atoms with Gasteiger partial charge in [-0.3, -0.25) is 0 Å². The number of unbranched alkanes of at least 4 members (excludes halogenated alkanes) is 2. The molecular weight excluding hydrogens is 251 g/mol. The summed E-state index contributed by atoms with van der Waals surface area (Å²) in [6, 6.07) is 5.90. The summed E-state index contributed by atoms with van der Waals surface area (Å²) in [6.45, 7) is 0.876. The van der Waals surface area contributed by atoms with E-state index in [0.29, 0.717) is 25.4 Å². The lowest BCUT2D eigenvalue weighted by atomic mass is 10.0. The Balaban J connectivity index is 1.55. The highest BCUT2D eigenvalue weighted by molar-refractivity contribution is 5.80. The van der Waals surface area contributed by atoms with E-state index in [-0.39, 0.29) is 5.82 Å². The summed E-state index contributed by atoms with van der Waals surface area (Å²) in [7, 11) is 0. The number of hydrogen-bond acceptors (Lipinski definition) is 3. The van der Waals surface area contributed by atoms with E-state index >= 15 is 0 Å². The maximum Gasteiger partial charge on any atom is 0.338 e. The Bertz CT molecular complexity index is 426. The van der Waals surface area contributed by atoms with Gasteiger partial charge in [0.05, 0.1) is 13.2 Å². The van der Waals surface area contributed by atoms with Crippen molar-refractivity contribution in [3.63, 3.8) is 0 Å². The first kappa shape index (κ1) is 13.8. The maximum absolute atomic E-state index is 12.6. The normalized spacial score (nSPS) is 21.1. The maximum atomic E-state index is 12.6. The third-order valence-corrected chi connectivity index (χ3v) is 3.19. The average molecular weight is 268 g/mol. The molecule has 1 aromatic carbocycles. The standard InChI is InChI=1S/C14H17FO4/c15-11-4-6-12(7-5-11)18-9-3-1-2-8-14(10-19-14)13(16)17/h4-7H,1-3,8-10H2,(H,16,17). The second-order valence-corrected chi connectivity index (χ2v) is 4.70. The van der Waals surface area contributed by atoms with E-state index in [1.54, 1.807) is 12.1 Å². The molecule has 1 atom stereocenters. The van der Waals surface area contributed by atoms with Crippen LogP contribution in [0, 0.1) is 5.82 Å². The van der Waals surface area contributed by atoms with Crippen LogP contribution in [0.1, 0.15) is 25.7 Å². The summed E-state index contributed by atoms with van der Waals surface area (Å²) in [4.78, 5) is 10.8. The summed E-state index contributed by atoms with van der Waals surface area (Å²) in [5.74, 6) is -0.500. The molecule has 1 aromatic rings. The van der Waals surface area contributed by atoms with E-state index in [0.717, 1.165) is 19.3 Å². The number of hydrogen-bond donors (Lipinski definition) is 1. The van der Waals surface area contributed by atoms with Crippen molar-refractivity contribution in [3.8, 4) is 5.75 Å². The van der Waals surface area contributed by atoms with E-state index in [4.69, 9.17) is 14.6 Å². The van der Waals surface area contributed by atoms with Crippen LogP contribution in [0.3, 0.4) is 0 Å². The number of ether oxygens (including phenoxy) is 2. The largest absolute Gasteiger partial charge is 0.494 e. The first-order chi connectivity index (χ1) is 9.12. The van der Waals surface area contributed by atoms with Crippen LogP contribution in [0.5, 0.6) is 5.75 Å². The van der Waals surface area contributed by atoms with Gasteiger partial charge in [0.15, 0.2) is 5.60 Å². The van der Waals surface area contributed by atoms with Crippen LogP contribution >= 0.6 is 0 Å². The Morgan fingerprint density at radius 2 is 2.00 bits per heavy atom. The minimum Gasteiger partial charge on any atom is -0.494 e. The fraction of sp³-hybridized carbons (Fsp3) is 0.500. The Hall–Kier alpha value is -1.62. The minimum absolute atomic E-state index is 0.282. The SMILES string of the molecule is O=C(O)C1(CCCCCOc2ccc(F)cc2)CO1. The summed E-state index contributed by atoms with van der Waals surface area (Å²) < 4.78 is 23.1. The highest BCUT2D eigenvalue weighted by Crippen LogP contribution is 2.33. The van der Waals surface area contributed by atoms with Crippen molar-refractivity contribution < 1.29 is 23.8 Å². The number of benzene rings is 1. The molecule has 19 heavy (non-hydrogen) atoms. The molecule has 1 heterocycles. The Morgan fingerprint density at radius 3 is 2.58 bits per heavy atom. The third kappa shape index (κ3) is 3.92. The molecule has 1 aliphatic heterocycles. The second kappa shape index (κ2) is 6.02. The van der Waals surface area contributed by atoms with Crippen LogP contribution in [0.2, 0.25) is 0 Å². The van der Waals surface area contributed by atoms with Crippen LogP contribution in [0.4, 0.5) is 4.39 Å². The smallest absolute Gasteiger partial charge is 0.338 e. The molecule has 0 amide bonds. The summed E-state index contributed by atoms with van der Waals surface area (Å²) in [5.41, 5.74) is -0.905. The molecule has 104 valence electrons. The van der Waals surface area contributed by atoms with Gasteiger partial charge < -0.3 is 14.6 Å². The fourth-order valence-electron chi connectivity index (χ4n) is 1.87. The van der Waals surface area contributed by atoms with Gasteiger partial charge >= 0.3 is 5.97 Å². The van der Waals surface area contributed by atoms with Crippen LogP contribution in [-0.4, -0.2) is 29.9 Å². The molecule has 1 fully saturated rings. The van der Waals surface area contributed by atoms with Crippen molar-refractivity contribution in [1.29, 1.82) is 0 Å². The summed E-state index contributed by atoms with van der Waals surface area (Å²) in [5, 5.41) is 8.90. The van der Waals surface area contributed by atoms with Gasteiger partial charge in [0.2, 0.25) is 0 Å². The molecule has 0 aliphatic carbocycles. The predicted molar refractivity (Wildman–Crippen MR) is 66.7 cm³/mol. The number of halogens is 1. The van der Waals surface area contributed by atoms with Crippen LogP contribution in [-0.2, 0) is 9.53 Å². The van der Waals surface area contributed by atoms with E-state index in [2.05, 4.69) is 0 Å². The first-order valence-electron chi connectivity index (χ1n) is 6.38. The van der Waals surface area contributed by atoms with E-state index in [9.17, 15) is 9.18 Å². The monoisotopic (exact) mass is 268 g/mol. The van der Waals surface area contributed by atoms with E-state index in [1.807, 2.05) is 0 Å². The quantitative estimate of drug-likeness (QED) is 0.581. The molecule has 0 spiro atoms. The van der Waals surface area contributed by atoms with Crippen LogP contribution in [0.25, 0.3) is 0 Å². The predicted octanol–water partition coefficient (Wildman–Crippen LogP) is 2.62. The highest BCUT2D eigenvalue weighted by atomic mass is 19.1. The van der Waals surface area contributed by atoms with Gasteiger partial charge in [-0.2, -0.15) is 0 Å². The highest BCUT2D eigenvalue weighted by Gasteiger charge is 2.51. The third-order valence-electron chi connectivity index (χ3n) is 3.19. The average Bonchev–Trinajstić information content (AvgIpc) is 3.17. The van der Waals surface area contributed by atoms with Crippen molar-refractivity contribution in [1.82, 2.24) is 0 Å². The topological polar surface area (TPSA) is 59.1 Å². The molecule has 0 aromatic heterocycles. The fourth-order valence-corrected chi connectivity index (χ4v) is 1.87. The van der Waals surface area contributed by atoms with Crippen molar-refractivity contribution in [2.45, 2.75) is 31.3 Å². The molecule has 5 heteroatoms. The van der Waals surface area contributed by atoms with Crippen molar-refractivity contribution in [2.24, 2.45) is 0 Å². The number of carboxylic acids is 1. The molecule has 1 saturated heterocycles. The van der Waals surface area contributed by atoms with Crippen LogP contribution in [0.15, 0.2) is 24.3 Å². The van der Waals surface area contributed by atoms with Gasteiger partial charge in [-0.15, -0.1) is 0 Å². The molecule has 1 N–H and O–H groups in total. The number of carboxylic acid groups (broad SMARTS) is 1. The van der Waals surface area contributed by atoms with Gasteiger partial charge in [0.25, 0.3) is 0 Å². The molecule has 4 nitrogen and oxygen atoms in total. The Kier molecular flexibility index (Phi) is 4.37. The van der Waals surface area contributed by atoms with Gasteiger partial charge in [-0.1, -0.05) is 0 Å². The molecule has 1 unspecified atom stereocenters. The molecule has 2 rings (SSSR count). The number of rotatable bonds is 8. The summed E-state index contributed by atoms with van der Waals surface area (Å²) in [6.07, 6.45) is 3.09. The lowest BCUT2D eigenvalue weighted by molar-refractivity contribution is -0.143. The second-order valence-electron chi connectivity index (χ2n) is 4.70. The van der Waals surface area contributed by atoms with E-state index < -0.39 is 11.6 Å². The molecule has 0 radical (unpaired) electrons. The van der Waals surface area contributed by atoms with E-state index in [1.165, 1.54) is 12.1 Å². The minimum atomic E-state index is -0.905. The molecule has 1 aliphatic rings. The molecule has 0 saturated carbocycles. The van der Waals surface area contributed by atoms with Crippen molar-refractivity contribution in [2.75, 3.05) is 13.2 Å². The molecule has 0 bridgehead atoms. The summed E-state index contributed by atoms with van der Waals surface area (Å²) >= 11 is 0. The Morgan fingerprint density at radius 1 is 1.32 bits per heavy atom. The number of carbonyl (C=O) groups is 1. The first-order valence-corrected chi connectivity index (χ1v) is 6.38. The molecular formula is C14H17FO4. The van der Waals surface area contributed by atoms with Gasteiger partial charge in [-0.05, 0) is 49.9 Å². The van der Waals surface area contributed by atoms with Gasteiger partial charge in [-0.25, -0.2) is 9.18 Å². The zero-order chi connectivity index (χ0) is 13.7. The van der Waals surface area contributed by atoms with Gasteiger partial charge in [0, 0.05) is 0 Å². The number of epoxide rings is 1. The lowest BCUT2D eigenvalue weighted by Gasteiger charge is -2.07. The zero-order valence-electron chi connectivity index (χ0n) is 10.6. The Labute approximate surface area is 111 Å². The van der Waals surface area contributed by atoms with Crippen molar-refractivity contribution >= 4 is 5.97 Å². The lowest BCUT2D eigenvalue weighted by Crippen LogP contribution is -2.23. The van der Waals surface area contributed by atoms with Gasteiger partial charge in [0.1, 0.15) is 11.6 Å².